The van der Waals surface area contributed by atoms with Gasteiger partial charge in [0.2, 0.25) is 5.91 Å². The minimum Gasteiger partial charge on any atom is -0.352 e. The maximum absolute atomic E-state index is 13.1. The zero-order valence-electron chi connectivity index (χ0n) is 14.8. The van der Waals surface area contributed by atoms with Crippen LogP contribution < -0.4 is 9.62 Å². The predicted molar refractivity (Wildman–Crippen MR) is 100 cm³/mol. The zero-order chi connectivity index (χ0) is 18.4. The second-order valence-corrected chi connectivity index (χ2v) is 7.90. The van der Waals surface area contributed by atoms with Gasteiger partial charge in [0, 0.05) is 6.04 Å². The molecule has 0 saturated heterocycles. The molecule has 134 valence electrons. The number of carbonyl (C=O) groups is 1. The lowest BCUT2D eigenvalue weighted by molar-refractivity contribution is -0.120. The van der Waals surface area contributed by atoms with Crippen molar-refractivity contribution < 1.29 is 13.2 Å². The van der Waals surface area contributed by atoms with Crippen molar-refractivity contribution in [3.63, 3.8) is 0 Å². The van der Waals surface area contributed by atoms with E-state index in [4.69, 9.17) is 0 Å². The van der Waals surface area contributed by atoms with E-state index in [2.05, 4.69) is 5.32 Å². The van der Waals surface area contributed by atoms with Crippen molar-refractivity contribution in [1.29, 1.82) is 0 Å². The quantitative estimate of drug-likeness (QED) is 0.825. The van der Waals surface area contributed by atoms with E-state index < -0.39 is 10.0 Å². The van der Waals surface area contributed by atoms with E-state index in [9.17, 15) is 13.2 Å². The number of carbonyl (C=O) groups excluding carboxylic acids is 1. The van der Waals surface area contributed by atoms with Crippen molar-refractivity contribution in [3.8, 4) is 0 Å². The van der Waals surface area contributed by atoms with E-state index in [1.165, 1.54) is 12.1 Å². The van der Waals surface area contributed by atoms with Gasteiger partial charge >= 0.3 is 0 Å². The van der Waals surface area contributed by atoms with Crippen molar-refractivity contribution in [2.24, 2.45) is 0 Å². The largest absolute Gasteiger partial charge is 0.352 e. The fourth-order valence-electron chi connectivity index (χ4n) is 2.30. The van der Waals surface area contributed by atoms with E-state index in [1.54, 1.807) is 30.3 Å². The van der Waals surface area contributed by atoms with Crippen LogP contribution in [0.25, 0.3) is 0 Å². The number of sulfonamides is 1. The Hall–Kier alpha value is -2.34. The third-order valence-corrected chi connectivity index (χ3v) is 5.75. The molecule has 0 bridgehead atoms. The van der Waals surface area contributed by atoms with E-state index in [0.29, 0.717) is 5.69 Å². The van der Waals surface area contributed by atoms with Crippen molar-refractivity contribution in [3.05, 3.63) is 60.2 Å². The summed E-state index contributed by atoms with van der Waals surface area (Å²) in [5.74, 6) is -0.325. The highest BCUT2D eigenvalue weighted by Gasteiger charge is 2.27. The molecular weight excluding hydrogens is 336 g/mol. The topological polar surface area (TPSA) is 66.5 Å². The highest BCUT2D eigenvalue weighted by Crippen LogP contribution is 2.23. The smallest absolute Gasteiger partial charge is 0.264 e. The lowest BCUT2D eigenvalue weighted by Crippen LogP contribution is -2.43. The Morgan fingerprint density at radius 2 is 1.68 bits per heavy atom. The average Bonchev–Trinajstić information content (AvgIpc) is 2.61. The highest BCUT2D eigenvalue weighted by molar-refractivity contribution is 7.92. The molecule has 2 aromatic carbocycles. The van der Waals surface area contributed by atoms with Gasteiger partial charge in [-0.25, -0.2) is 8.42 Å². The summed E-state index contributed by atoms with van der Waals surface area (Å²) in [6.45, 7) is 5.52. The number of benzene rings is 2. The van der Waals surface area contributed by atoms with Crippen LogP contribution in [0.3, 0.4) is 0 Å². The maximum atomic E-state index is 13.1. The number of hydrogen-bond donors (Lipinski definition) is 1. The Labute approximate surface area is 149 Å². The van der Waals surface area contributed by atoms with Gasteiger partial charge in [0.1, 0.15) is 6.54 Å². The van der Waals surface area contributed by atoms with Crippen LogP contribution in [0.15, 0.2) is 59.5 Å². The molecule has 5 nitrogen and oxygen atoms in total. The van der Waals surface area contributed by atoms with E-state index in [-0.39, 0.29) is 23.4 Å². The van der Waals surface area contributed by atoms with Crippen molar-refractivity contribution in [2.45, 2.75) is 38.1 Å². The molecule has 0 aliphatic heterocycles. The summed E-state index contributed by atoms with van der Waals surface area (Å²) < 4.78 is 27.3. The van der Waals surface area contributed by atoms with Gasteiger partial charge in [0.05, 0.1) is 10.6 Å². The molecule has 1 N–H and O–H groups in total. The SMILES string of the molecule is CC[C@@H](C)NC(=O)CN(c1ccc(C)cc1)S(=O)(=O)c1ccccc1. The van der Waals surface area contributed by atoms with Gasteiger partial charge in [-0.3, -0.25) is 9.10 Å². The molecule has 6 heteroatoms. The van der Waals surface area contributed by atoms with Crippen LogP contribution in [0.2, 0.25) is 0 Å². The molecule has 1 atom stereocenters. The highest BCUT2D eigenvalue weighted by atomic mass is 32.2. The predicted octanol–water partition coefficient (Wildman–Crippen LogP) is 3.11. The number of aryl methyl sites for hydroxylation is 1. The molecule has 0 aromatic heterocycles. The molecule has 2 rings (SSSR count). The molecule has 0 aliphatic rings. The fourth-order valence-corrected chi connectivity index (χ4v) is 3.74. The summed E-state index contributed by atoms with van der Waals surface area (Å²) >= 11 is 0. The molecule has 0 unspecified atom stereocenters. The van der Waals surface area contributed by atoms with E-state index in [1.807, 2.05) is 32.9 Å². The third-order valence-electron chi connectivity index (χ3n) is 3.96. The van der Waals surface area contributed by atoms with Crippen LogP contribution in [-0.4, -0.2) is 26.9 Å². The number of rotatable bonds is 7. The van der Waals surface area contributed by atoms with Crippen LogP contribution in [0.1, 0.15) is 25.8 Å². The normalized spacial score (nSPS) is 12.4. The number of amides is 1. The molecule has 1 amide bonds. The Kier molecular flexibility index (Phi) is 6.20. The molecular formula is C19H24N2O3S. The first-order valence-electron chi connectivity index (χ1n) is 8.28. The standard InChI is InChI=1S/C19H24N2O3S/c1-4-16(3)20-19(22)14-21(17-12-10-15(2)11-13-17)25(23,24)18-8-6-5-7-9-18/h5-13,16H,4,14H2,1-3H3,(H,20,22)/t16-/m1/s1. The zero-order valence-corrected chi connectivity index (χ0v) is 15.6. The van der Waals surface area contributed by atoms with Crippen LogP contribution in [0.5, 0.6) is 0 Å². The molecule has 2 aromatic rings. The van der Waals surface area contributed by atoms with Crippen LogP contribution in [0.4, 0.5) is 5.69 Å². The summed E-state index contributed by atoms with van der Waals surface area (Å²) in [5, 5.41) is 2.82. The first-order chi connectivity index (χ1) is 11.8. The van der Waals surface area contributed by atoms with Crippen LogP contribution in [-0.2, 0) is 14.8 Å². The summed E-state index contributed by atoms with van der Waals surface area (Å²) in [4.78, 5) is 12.5. The molecule has 0 fully saturated rings. The monoisotopic (exact) mass is 360 g/mol. The molecule has 0 aliphatic carbocycles. The van der Waals surface area contributed by atoms with Gasteiger partial charge in [-0.15, -0.1) is 0 Å². The van der Waals surface area contributed by atoms with Gasteiger partial charge in [0.15, 0.2) is 0 Å². The number of nitrogens with zero attached hydrogens (tertiary/aromatic N) is 1. The third kappa shape index (κ3) is 4.82. The number of anilines is 1. The molecule has 0 spiro atoms. The van der Waals surface area contributed by atoms with Crippen molar-refractivity contribution in [1.82, 2.24) is 5.32 Å². The summed E-state index contributed by atoms with van der Waals surface area (Å²) in [5.41, 5.74) is 1.48. The number of hydrogen-bond acceptors (Lipinski definition) is 3. The van der Waals surface area contributed by atoms with E-state index in [0.717, 1.165) is 16.3 Å². The first kappa shape index (κ1) is 19.0. The summed E-state index contributed by atoms with van der Waals surface area (Å²) in [6, 6.07) is 15.2. The van der Waals surface area contributed by atoms with Crippen molar-refractivity contribution >= 4 is 21.6 Å². The minimum absolute atomic E-state index is 0.00760. The van der Waals surface area contributed by atoms with Crippen molar-refractivity contribution in [2.75, 3.05) is 10.8 Å². The molecule has 0 saturated carbocycles. The van der Waals surface area contributed by atoms with Gasteiger partial charge in [0.25, 0.3) is 10.0 Å². The van der Waals surface area contributed by atoms with Gasteiger partial charge < -0.3 is 5.32 Å². The number of nitrogens with one attached hydrogen (secondary N) is 1. The maximum Gasteiger partial charge on any atom is 0.264 e. The second-order valence-electron chi connectivity index (χ2n) is 6.04. The average molecular weight is 360 g/mol. The Bertz CT molecular complexity index is 802. The molecule has 0 heterocycles. The molecule has 0 radical (unpaired) electrons. The van der Waals surface area contributed by atoms with Gasteiger partial charge in [-0.1, -0.05) is 42.8 Å². The first-order valence-corrected chi connectivity index (χ1v) is 9.72. The fraction of sp³-hybridized carbons (Fsp3) is 0.316. The summed E-state index contributed by atoms with van der Waals surface area (Å²) in [6.07, 6.45) is 0.779. The minimum atomic E-state index is -3.83. The van der Waals surface area contributed by atoms with Gasteiger partial charge in [-0.05, 0) is 44.5 Å². The Morgan fingerprint density at radius 3 is 2.24 bits per heavy atom. The Morgan fingerprint density at radius 1 is 1.08 bits per heavy atom. The summed E-state index contributed by atoms with van der Waals surface area (Å²) in [7, 11) is -3.83. The molecule has 25 heavy (non-hydrogen) atoms. The Balaban J connectivity index is 2.39. The lowest BCUT2D eigenvalue weighted by atomic mass is 10.2. The van der Waals surface area contributed by atoms with Crippen LogP contribution >= 0.6 is 0 Å². The van der Waals surface area contributed by atoms with Crippen LogP contribution in [0, 0.1) is 6.92 Å². The lowest BCUT2D eigenvalue weighted by Gasteiger charge is -2.25. The van der Waals surface area contributed by atoms with E-state index >= 15 is 0 Å². The van der Waals surface area contributed by atoms with Gasteiger partial charge in [-0.2, -0.15) is 0 Å². The second kappa shape index (κ2) is 8.16.